The molecule has 1 aliphatic carbocycles. The van der Waals surface area contributed by atoms with E-state index in [2.05, 4.69) is 5.32 Å². The molecule has 1 rings (SSSR count). The molecular weight excluding hydrogens is 154 g/mol. The number of rotatable bonds is 7. The Bertz CT molecular complexity index is 105. The summed E-state index contributed by atoms with van der Waals surface area (Å²) in [6, 6.07) is 0.756. The molecule has 0 spiro atoms. The van der Waals surface area contributed by atoms with Gasteiger partial charge in [0, 0.05) is 25.8 Å². The smallest absolute Gasteiger partial charge is 0.0591 e. The molecule has 0 aromatic heterocycles. The van der Waals surface area contributed by atoms with Gasteiger partial charge in [0.2, 0.25) is 0 Å². The van der Waals surface area contributed by atoms with Crippen LogP contribution in [0.1, 0.15) is 25.7 Å². The Labute approximate surface area is 74.1 Å². The van der Waals surface area contributed by atoms with Crippen LogP contribution in [0, 0.1) is 0 Å². The minimum Gasteiger partial charge on any atom is -0.396 e. The minimum atomic E-state index is 0.232. The molecule has 72 valence electrons. The lowest BCUT2D eigenvalue weighted by Gasteiger charge is -2.26. The summed E-state index contributed by atoms with van der Waals surface area (Å²) < 4.78 is 5.27. The van der Waals surface area contributed by atoms with Crippen LogP contribution >= 0.6 is 0 Å². The van der Waals surface area contributed by atoms with Gasteiger partial charge < -0.3 is 15.2 Å². The van der Waals surface area contributed by atoms with Crippen molar-refractivity contribution < 1.29 is 9.84 Å². The third kappa shape index (κ3) is 4.04. The van der Waals surface area contributed by atoms with Crippen molar-refractivity contribution in [2.24, 2.45) is 0 Å². The van der Waals surface area contributed by atoms with Gasteiger partial charge >= 0.3 is 0 Å². The van der Waals surface area contributed by atoms with Gasteiger partial charge in [-0.3, -0.25) is 0 Å². The van der Waals surface area contributed by atoms with Crippen molar-refractivity contribution in [3.05, 3.63) is 0 Å². The largest absolute Gasteiger partial charge is 0.396 e. The fourth-order valence-corrected chi connectivity index (χ4v) is 1.22. The number of aliphatic hydroxyl groups is 1. The van der Waals surface area contributed by atoms with Crippen LogP contribution in [0.3, 0.4) is 0 Å². The Kier molecular flexibility index (Phi) is 5.32. The quantitative estimate of drug-likeness (QED) is 0.552. The second-order valence-corrected chi connectivity index (χ2v) is 3.27. The van der Waals surface area contributed by atoms with Crippen molar-refractivity contribution in [3.63, 3.8) is 0 Å². The standard InChI is InChI=1S/C9H19NO2/c11-6-2-7-12-8-5-10-9-3-1-4-9/h9-11H,1-8H2. The van der Waals surface area contributed by atoms with Crippen LogP contribution in [0.2, 0.25) is 0 Å². The van der Waals surface area contributed by atoms with E-state index >= 15 is 0 Å². The summed E-state index contributed by atoms with van der Waals surface area (Å²) in [5.74, 6) is 0. The fourth-order valence-electron chi connectivity index (χ4n) is 1.22. The van der Waals surface area contributed by atoms with E-state index in [0.29, 0.717) is 6.61 Å². The van der Waals surface area contributed by atoms with Gasteiger partial charge in [0.1, 0.15) is 0 Å². The first-order chi connectivity index (χ1) is 5.93. The van der Waals surface area contributed by atoms with E-state index < -0.39 is 0 Å². The number of ether oxygens (including phenoxy) is 1. The molecule has 0 aromatic rings. The second kappa shape index (κ2) is 6.40. The second-order valence-electron chi connectivity index (χ2n) is 3.27. The molecule has 1 saturated carbocycles. The van der Waals surface area contributed by atoms with Crippen LogP contribution < -0.4 is 5.32 Å². The summed E-state index contributed by atoms with van der Waals surface area (Å²) in [6.07, 6.45) is 4.79. The number of aliphatic hydroxyl groups excluding tert-OH is 1. The lowest BCUT2D eigenvalue weighted by molar-refractivity contribution is 0.113. The first-order valence-electron chi connectivity index (χ1n) is 4.85. The van der Waals surface area contributed by atoms with Gasteiger partial charge in [0.25, 0.3) is 0 Å². The zero-order valence-electron chi connectivity index (χ0n) is 7.59. The normalized spacial score (nSPS) is 17.8. The molecule has 0 radical (unpaired) electrons. The Hall–Kier alpha value is -0.120. The monoisotopic (exact) mass is 173 g/mol. The fraction of sp³-hybridized carbons (Fsp3) is 1.00. The average molecular weight is 173 g/mol. The first kappa shape index (κ1) is 9.96. The third-order valence-corrected chi connectivity index (χ3v) is 2.23. The Morgan fingerprint density at radius 1 is 1.33 bits per heavy atom. The zero-order chi connectivity index (χ0) is 8.65. The van der Waals surface area contributed by atoms with E-state index in [-0.39, 0.29) is 6.61 Å². The molecule has 1 fully saturated rings. The van der Waals surface area contributed by atoms with Crippen molar-refractivity contribution in [2.75, 3.05) is 26.4 Å². The van der Waals surface area contributed by atoms with E-state index in [1.807, 2.05) is 0 Å². The first-order valence-corrected chi connectivity index (χ1v) is 4.85. The summed E-state index contributed by atoms with van der Waals surface area (Å²) in [4.78, 5) is 0. The van der Waals surface area contributed by atoms with E-state index in [9.17, 15) is 0 Å². The van der Waals surface area contributed by atoms with Gasteiger partial charge in [-0.15, -0.1) is 0 Å². The van der Waals surface area contributed by atoms with Crippen LogP contribution in [-0.4, -0.2) is 37.5 Å². The molecule has 0 amide bonds. The lowest BCUT2D eigenvalue weighted by atomic mass is 9.93. The highest BCUT2D eigenvalue weighted by Gasteiger charge is 2.15. The van der Waals surface area contributed by atoms with Crippen LogP contribution in [0.15, 0.2) is 0 Å². The summed E-state index contributed by atoms with van der Waals surface area (Å²) in [5.41, 5.74) is 0. The van der Waals surface area contributed by atoms with Crippen molar-refractivity contribution >= 4 is 0 Å². The van der Waals surface area contributed by atoms with Gasteiger partial charge in [-0.25, -0.2) is 0 Å². The highest BCUT2D eigenvalue weighted by Crippen LogP contribution is 2.17. The summed E-state index contributed by atoms with van der Waals surface area (Å²) in [7, 11) is 0. The summed E-state index contributed by atoms with van der Waals surface area (Å²) in [6.45, 7) is 2.64. The molecule has 3 nitrogen and oxygen atoms in total. The molecule has 1 aliphatic rings. The van der Waals surface area contributed by atoms with Crippen LogP contribution in [-0.2, 0) is 4.74 Å². The number of hydrogen-bond acceptors (Lipinski definition) is 3. The summed E-state index contributed by atoms with van der Waals surface area (Å²) in [5, 5.41) is 11.9. The van der Waals surface area contributed by atoms with Crippen molar-refractivity contribution in [1.29, 1.82) is 0 Å². The number of nitrogens with one attached hydrogen (secondary N) is 1. The minimum absolute atomic E-state index is 0.232. The maximum absolute atomic E-state index is 8.46. The van der Waals surface area contributed by atoms with Gasteiger partial charge in [-0.05, 0) is 19.3 Å². The lowest BCUT2D eigenvalue weighted by Crippen LogP contribution is -2.37. The van der Waals surface area contributed by atoms with Gasteiger partial charge in [-0.2, -0.15) is 0 Å². The van der Waals surface area contributed by atoms with Gasteiger partial charge in [0.05, 0.1) is 6.61 Å². The summed E-state index contributed by atoms with van der Waals surface area (Å²) >= 11 is 0. The van der Waals surface area contributed by atoms with Gasteiger partial charge in [0.15, 0.2) is 0 Å². The zero-order valence-corrected chi connectivity index (χ0v) is 7.59. The maximum atomic E-state index is 8.46. The average Bonchev–Trinajstić information content (AvgIpc) is 2.00. The molecule has 0 heterocycles. The molecule has 0 bridgehead atoms. The van der Waals surface area contributed by atoms with Crippen molar-refractivity contribution in [3.8, 4) is 0 Å². The highest BCUT2D eigenvalue weighted by molar-refractivity contribution is 4.75. The van der Waals surface area contributed by atoms with E-state index in [0.717, 1.165) is 25.6 Å². The topological polar surface area (TPSA) is 41.5 Å². The predicted octanol–water partition coefficient (Wildman–Crippen LogP) is 0.527. The Morgan fingerprint density at radius 3 is 2.75 bits per heavy atom. The van der Waals surface area contributed by atoms with Crippen molar-refractivity contribution in [1.82, 2.24) is 5.32 Å². The molecule has 2 N–H and O–H groups in total. The molecule has 0 atom stereocenters. The molecule has 0 saturated heterocycles. The molecular formula is C9H19NO2. The van der Waals surface area contributed by atoms with Crippen LogP contribution in [0.5, 0.6) is 0 Å². The predicted molar refractivity (Wildman–Crippen MR) is 48.2 cm³/mol. The molecule has 0 aromatic carbocycles. The maximum Gasteiger partial charge on any atom is 0.0591 e. The van der Waals surface area contributed by atoms with Crippen LogP contribution in [0.25, 0.3) is 0 Å². The van der Waals surface area contributed by atoms with E-state index in [1.54, 1.807) is 0 Å². The van der Waals surface area contributed by atoms with Crippen LogP contribution in [0.4, 0.5) is 0 Å². The van der Waals surface area contributed by atoms with Gasteiger partial charge in [-0.1, -0.05) is 6.42 Å². The molecule has 12 heavy (non-hydrogen) atoms. The number of hydrogen-bond donors (Lipinski definition) is 2. The third-order valence-electron chi connectivity index (χ3n) is 2.23. The molecule has 0 aliphatic heterocycles. The highest BCUT2D eigenvalue weighted by atomic mass is 16.5. The van der Waals surface area contributed by atoms with Crippen molar-refractivity contribution in [2.45, 2.75) is 31.7 Å². The van der Waals surface area contributed by atoms with E-state index in [4.69, 9.17) is 9.84 Å². The SMILES string of the molecule is OCCCOCCNC1CCC1. The Morgan fingerprint density at radius 2 is 2.17 bits per heavy atom. The molecule has 3 heteroatoms. The van der Waals surface area contributed by atoms with E-state index in [1.165, 1.54) is 19.3 Å². The Balaban J connectivity index is 1.70. The molecule has 0 unspecified atom stereocenters.